The van der Waals surface area contributed by atoms with Gasteiger partial charge >= 0.3 is 0 Å². The molecule has 0 aliphatic rings. The zero-order chi connectivity index (χ0) is 15.8. The fourth-order valence-corrected chi connectivity index (χ4v) is 2.14. The van der Waals surface area contributed by atoms with E-state index in [1.165, 1.54) is 0 Å². The molecule has 0 radical (unpaired) electrons. The Labute approximate surface area is 131 Å². The highest BCUT2D eigenvalue weighted by atomic mass is 16.5. The van der Waals surface area contributed by atoms with Gasteiger partial charge in [0, 0.05) is 13.1 Å². The lowest BCUT2D eigenvalue weighted by atomic mass is 10.1. The molecule has 2 rings (SSSR count). The van der Waals surface area contributed by atoms with E-state index in [1.807, 2.05) is 61.5 Å². The van der Waals surface area contributed by atoms with Gasteiger partial charge in [0.15, 0.2) is 0 Å². The first-order valence-corrected chi connectivity index (χ1v) is 7.47. The van der Waals surface area contributed by atoms with Crippen molar-refractivity contribution in [1.82, 2.24) is 5.32 Å². The van der Waals surface area contributed by atoms with Gasteiger partial charge in [0.25, 0.3) is 0 Å². The average molecular weight is 301 g/mol. The second-order valence-electron chi connectivity index (χ2n) is 5.32. The molecule has 0 amide bonds. The average Bonchev–Trinajstić information content (AvgIpc) is 2.55. The van der Waals surface area contributed by atoms with Crippen molar-refractivity contribution < 1.29 is 14.9 Å². The highest BCUT2D eigenvalue weighted by Gasteiger charge is 2.09. The molecule has 0 spiro atoms. The molecule has 4 nitrogen and oxygen atoms in total. The SMILES string of the molecule is Cc1ccccc1OC[C@H](O)CNC[C@H](O)c1ccccc1. The number of benzene rings is 2. The van der Waals surface area contributed by atoms with Crippen molar-refractivity contribution in [3.8, 4) is 5.75 Å². The second-order valence-corrected chi connectivity index (χ2v) is 5.32. The van der Waals surface area contributed by atoms with Crippen LogP contribution in [0.5, 0.6) is 5.75 Å². The zero-order valence-corrected chi connectivity index (χ0v) is 12.8. The Morgan fingerprint density at radius 2 is 1.64 bits per heavy atom. The van der Waals surface area contributed by atoms with Crippen LogP contribution < -0.4 is 10.1 Å². The van der Waals surface area contributed by atoms with Crippen LogP contribution in [0.2, 0.25) is 0 Å². The van der Waals surface area contributed by atoms with Gasteiger partial charge in [0.05, 0.1) is 6.10 Å². The van der Waals surface area contributed by atoms with Crippen LogP contribution in [0.4, 0.5) is 0 Å². The summed E-state index contributed by atoms with van der Waals surface area (Å²) in [5, 5.41) is 23.0. The first-order valence-electron chi connectivity index (χ1n) is 7.47. The minimum atomic E-state index is -0.623. The van der Waals surface area contributed by atoms with Gasteiger partial charge in [-0.05, 0) is 24.1 Å². The summed E-state index contributed by atoms with van der Waals surface area (Å²) in [6.07, 6.45) is -1.20. The Bertz CT molecular complexity index is 559. The van der Waals surface area contributed by atoms with Gasteiger partial charge < -0.3 is 20.3 Å². The molecule has 3 N–H and O–H groups in total. The van der Waals surface area contributed by atoms with E-state index in [0.29, 0.717) is 13.1 Å². The molecule has 0 aliphatic carbocycles. The minimum absolute atomic E-state index is 0.222. The van der Waals surface area contributed by atoms with Crippen molar-refractivity contribution in [2.45, 2.75) is 19.1 Å². The third kappa shape index (κ3) is 5.15. The minimum Gasteiger partial charge on any atom is -0.491 e. The van der Waals surface area contributed by atoms with Crippen molar-refractivity contribution in [2.24, 2.45) is 0 Å². The van der Waals surface area contributed by atoms with Crippen molar-refractivity contribution >= 4 is 0 Å². The summed E-state index contributed by atoms with van der Waals surface area (Å²) in [5.74, 6) is 0.783. The molecule has 22 heavy (non-hydrogen) atoms. The van der Waals surface area contributed by atoms with E-state index < -0.39 is 12.2 Å². The van der Waals surface area contributed by atoms with Crippen LogP contribution in [0.25, 0.3) is 0 Å². The van der Waals surface area contributed by atoms with Crippen molar-refractivity contribution in [1.29, 1.82) is 0 Å². The molecule has 2 aromatic carbocycles. The summed E-state index contributed by atoms with van der Waals surface area (Å²) in [5.41, 5.74) is 1.91. The van der Waals surface area contributed by atoms with E-state index in [9.17, 15) is 10.2 Å². The molecule has 0 heterocycles. The molecule has 0 bridgehead atoms. The van der Waals surface area contributed by atoms with Crippen LogP contribution in [-0.2, 0) is 0 Å². The number of nitrogens with one attached hydrogen (secondary N) is 1. The summed E-state index contributed by atoms with van der Waals surface area (Å²) >= 11 is 0. The van der Waals surface area contributed by atoms with E-state index >= 15 is 0 Å². The molecule has 2 aromatic rings. The lowest BCUT2D eigenvalue weighted by molar-refractivity contribution is 0.0993. The fourth-order valence-electron chi connectivity index (χ4n) is 2.14. The molecule has 4 heteroatoms. The maximum absolute atomic E-state index is 10.0. The van der Waals surface area contributed by atoms with Crippen LogP contribution in [-0.4, -0.2) is 36.0 Å². The number of ether oxygens (including phenoxy) is 1. The third-order valence-corrected chi connectivity index (χ3v) is 3.43. The van der Waals surface area contributed by atoms with Gasteiger partial charge in [-0.2, -0.15) is 0 Å². The van der Waals surface area contributed by atoms with Crippen LogP contribution in [0.15, 0.2) is 54.6 Å². The van der Waals surface area contributed by atoms with Crippen molar-refractivity contribution in [3.05, 3.63) is 65.7 Å². The van der Waals surface area contributed by atoms with E-state index in [4.69, 9.17) is 4.74 Å². The van der Waals surface area contributed by atoms with E-state index in [1.54, 1.807) is 0 Å². The van der Waals surface area contributed by atoms with Crippen molar-refractivity contribution in [3.63, 3.8) is 0 Å². The first kappa shape index (κ1) is 16.5. The maximum Gasteiger partial charge on any atom is 0.122 e. The predicted molar refractivity (Wildman–Crippen MR) is 87.0 cm³/mol. The number of aliphatic hydroxyl groups excluding tert-OH is 2. The number of hydrogen-bond acceptors (Lipinski definition) is 4. The molecule has 2 atom stereocenters. The Morgan fingerprint density at radius 3 is 2.36 bits per heavy atom. The number of aryl methyl sites for hydroxylation is 1. The number of para-hydroxylation sites is 1. The van der Waals surface area contributed by atoms with Crippen LogP contribution in [0.3, 0.4) is 0 Å². The highest BCUT2D eigenvalue weighted by molar-refractivity contribution is 5.31. The Hall–Kier alpha value is -1.88. The topological polar surface area (TPSA) is 61.7 Å². The molecular formula is C18H23NO3. The van der Waals surface area contributed by atoms with Crippen LogP contribution in [0.1, 0.15) is 17.2 Å². The van der Waals surface area contributed by atoms with Gasteiger partial charge in [-0.3, -0.25) is 0 Å². The maximum atomic E-state index is 10.0. The lowest BCUT2D eigenvalue weighted by Crippen LogP contribution is -2.33. The number of rotatable bonds is 8. The predicted octanol–water partition coefficient (Wildman–Crippen LogP) is 2.06. The smallest absolute Gasteiger partial charge is 0.122 e. The Morgan fingerprint density at radius 1 is 0.955 bits per heavy atom. The largest absolute Gasteiger partial charge is 0.491 e. The van der Waals surface area contributed by atoms with E-state index in [-0.39, 0.29) is 6.61 Å². The third-order valence-electron chi connectivity index (χ3n) is 3.43. The molecule has 118 valence electrons. The molecule has 0 unspecified atom stereocenters. The molecular weight excluding hydrogens is 278 g/mol. The molecule has 0 saturated carbocycles. The van der Waals surface area contributed by atoms with Gasteiger partial charge in [-0.15, -0.1) is 0 Å². The molecule has 0 fully saturated rings. The van der Waals surface area contributed by atoms with E-state index in [0.717, 1.165) is 16.9 Å². The molecule has 0 aliphatic heterocycles. The quantitative estimate of drug-likeness (QED) is 0.698. The molecule has 0 aromatic heterocycles. The second kappa shape index (κ2) is 8.54. The standard InChI is InChI=1S/C18H23NO3/c1-14-7-5-6-10-18(14)22-13-16(20)11-19-12-17(21)15-8-3-2-4-9-15/h2-10,16-17,19-21H,11-13H2,1H3/t16-,17+/m1/s1. The lowest BCUT2D eigenvalue weighted by Gasteiger charge is -2.16. The summed E-state index contributed by atoms with van der Waals surface area (Å²) < 4.78 is 5.59. The summed E-state index contributed by atoms with van der Waals surface area (Å²) in [7, 11) is 0. The van der Waals surface area contributed by atoms with Crippen molar-refractivity contribution in [2.75, 3.05) is 19.7 Å². The Kier molecular flexibility index (Phi) is 6.40. The number of hydrogen-bond donors (Lipinski definition) is 3. The normalized spacial score (nSPS) is 13.6. The fraction of sp³-hybridized carbons (Fsp3) is 0.333. The summed E-state index contributed by atoms with van der Waals surface area (Å²) in [6, 6.07) is 17.2. The first-order chi connectivity index (χ1) is 10.7. The van der Waals surface area contributed by atoms with Gasteiger partial charge in [0.2, 0.25) is 0 Å². The van der Waals surface area contributed by atoms with Gasteiger partial charge in [-0.25, -0.2) is 0 Å². The molecule has 0 saturated heterocycles. The summed E-state index contributed by atoms with van der Waals surface area (Å²) in [6.45, 7) is 2.96. The highest BCUT2D eigenvalue weighted by Crippen LogP contribution is 2.16. The van der Waals surface area contributed by atoms with Gasteiger partial charge in [0.1, 0.15) is 18.5 Å². The summed E-state index contributed by atoms with van der Waals surface area (Å²) in [4.78, 5) is 0. The van der Waals surface area contributed by atoms with Crippen LogP contribution >= 0.6 is 0 Å². The zero-order valence-electron chi connectivity index (χ0n) is 12.8. The van der Waals surface area contributed by atoms with E-state index in [2.05, 4.69) is 5.32 Å². The van der Waals surface area contributed by atoms with Gasteiger partial charge in [-0.1, -0.05) is 48.5 Å². The Balaban J connectivity index is 1.68. The number of aliphatic hydroxyl groups is 2. The van der Waals surface area contributed by atoms with Crippen LogP contribution in [0, 0.1) is 6.92 Å². The monoisotopic (exact) mass is 301 g/mol.